The molecule has 104 valence electrons. The molecule has 3 rings (SSSR count). The third-order valence-corrected chi connectivity index (χ3v) is 3.44. The van der Waals surface area contributed by atoms with E-state index in [1.165, 1.54) is 0 Å². The molecular weight excluding hydrogens is 286 g/mol. The molecule has 0 unspecified atom stereocenters. The summed E-state index contributed by atoms with van der Waals surface area (Å²) in [4.78, 5) is 20.9. The number of benzene rings is 2. The number of nitrogens with zero attached hydrogens (tertiary/aromatic N) is 2. The van der Waals surface area contributed by atoms with Crippen LogP contribution >= 0.6 is 11.6 Å². The minimum atomic E-state index is -0.223. The molecule has 2 aromatic carbocycles. The molecule has 0 aliphatic heterocycles. The van der Waals surface area contributed by atoms with Gasteiger partial charge < -0.3 is 5.32 Å². The van der Waals surface area contributed by atoms with Crippen LogP contribution in [0.5, 0.6) is 0 Å². The third-order valence-electron chi connectivity index (χ3n) is 3.15. The number of hydrogen-bond acceptors (Lipinski definition) is 3. The number of fused-ring (bicyclic) bond motifs is 1. The Bertz CT molecular complexity index is 799. The van der Waals surface area contributed by atoms with Crippen LogP contribution in [0.25, 0.3) is 11.0 Å². The predicted octanol–water partition coefficient (Wildman–Crippen LogP) is 3.62. The summed E-state index contributed by atoms with van der Waals surface area (Å²) in [6.45, 7) is 0. The highest BCUT2D eigenvalue weighted by Crippen LogP contribution is 2.20. The van der Waals surface area contributed by atoms with Gasteiger partial charge in [0, 0.05) is 24.0 Å². The quantitative estimate of drug-likeness (QED) is 0.751. The number of rotatable bonds is 3. The zero-order chi connectivity index (χ0) is 14.7. The van der Waals surface area contributed by atoms with Crippen molar-refractivity contribution in [2.45, 2.75) is 5.88 Å². The predicted molar refractivity (Wildman–Crippen MR) is 83.5 cm³/mol. The van der Waals surface area contributed by atoms with Crippen LogP contribution in [-0.4, -0.2) is 15.9 Å². The highest BCUT2D eigenvalue weighted by Gasteiger charge is 2.12. The number of para-hydroxylation sites is 2. The number of hydrogen-bond donors (Lipinski definition) is 1. The van der Waals surface area contributed by atoms with Gasteiger partial charge in [-0.2, -0.15) is 0 Å². The van der Waals surface area contributed by atoms with Crippen LogP contribution in [0, 0.1) is 0 Å². The van der Waals surface area contributed by atoms with E-state index in [2.05, 4.69) is 15.3 Å². The highest BCUT2D eigenvalue weighted by molar-refractivity contribution is 6.18. The van der Waals surface area contributed by atoms with Crippen LogP contribution in [0.15, 0.2) is 54.9 Å². The van der Waals surface area contributed by atoms with Crippen LogP contribution in [0.4, 0.5) is 5.69 Å². The lowest BCUT2D eigenvalue weighted by molar-refractivity contribution is 0.102. The molecule has 0 atom stereocenters. The molecule has 3 aromatic rings. The molecule has 0 aliphatic rings. The second-order valence-electron chi connectivity index (χ2n) is 4.47. The maximum absolute atomic E-state index is 12.5. The Morgan fingerprint density at radius 1 is 1.05 bits per heavy atom. The van der Waals surface area contributed by atoms with Crippen molar-refractivity contribution in [1.82, 2.24) is 9.97 Å². The molecule has 21 heavy (non-hydrogen) atoms. The number of carbonyl (C=O) groups excluding carboxylic acids is 1. The van der Waals surface area contributed by atoms with Crippen molar-refractivity contribution >= 4 is 34.2 Å². The molecule has 0 radical (unpaired) electrons. The number of aromatic nitrogens is 2. The van der Waals surface area contributed by atoms with Gasteiger partial charge in [0.2, 0.25) is 0 Å². The SMILES string of the molecule is O=C(Nc1ccccc1CCl)c1cccc2nccnc12. The van der Waals surface area contributed by atoms with Crippen molar-refractivity contribution in [3.63, 3.8) is 0 Å². The van der Waals surface area contributed by atoms with Crippen molar-refractivity contribution in [2.24, 2.45) is 0 Å². The summed E-state index contributed by atoms with van der Waals surface area (Å²) in [6.07, 6.45) is 3.18. The molecule has 1 N–H and O–H groups in total. The zero-order valence-corrected chi connectivity index (χ0v) is 11.8. The minimum Gasteiger partial charge on any atom is -0.322 e. The summed E-state index contributed by atoms with van der Waals surface area (Å²) < 4.78 is 0. The fraction of sp³-hybridized carbons (Fsp3) is 0.0625. The molecule has 1 amide bonds. The maximum atomic E-state index is 12.5. The average Bonchev–Trinajstić information content (AvgIpc) is 2.54. The Kier molecular flexibility index (Phi) is 3.79. The van der Waals surface area contributed by atoms with E-state index in [9.17, 15) is 4.79 Å². The first-order chi connectivity index (χ1) is 10.3. The molecule has 4 nitrogen and oxygen atoms in total. The van der Waals surface area contributed by atoms with E-state index in [1.807, 2.05) is 30.3 Å². The molecule has 5 heteroatoms. The standard InChI is InChI=1S/C16H12ClN3O/c17-10-11-4-1-2-6-13(11)20-16(21)12-5-3-7-14-15(12)19-9-8-18-14/h1-9H,10H2,(H,20,21). The summed E-state index contributed by atoms with van der Waals surface area (Å²) in [6, 6.07) is 12.8. The minimum absolute atomic E-state index is 0.223. The number of carbonyl (C=O) groups is 1. The second-order valence-corrected chi connectivity index (χ2v) is 4.74. The molecule has 0 saturated heterocycles. The molecule has 0 aliphatic carbocycles. The van der Waals surface area contributed by atoms with Gasteiger partial charge in [0.05, 0.1) is 11.1 Å². The Labute approximate surface area is 126 Å². The van der Waals surface area contributed by atoms with E-state index in [-0.39, 0.29) is 5.91 Å². The Hall–Kier alpha value is -2.46. The van der Waals surface area contributed by atoms with Crippen LogP contribution in [0.2, 0.25) is 0 Å². The van der Waals surface area contributed by atoms with Gasteiger partial charge in [0.25, 0.3) is 5.91 Å². The number of amides is 1. The summed E-state index contributed by atoms with van der Waals surface area (Å²) in [5.41, 5.74) is 3.35. The smallest absolute Gasteiger partial charge is 0.257 e. The zero-order valence-electron chi connectivity index (χ0n) is 11.1. The molecule has 1 heterocycles. The van der Waals surface area contributed by atoms with Gasteiger partial charge in [-0.1, -0.05) is 24.3 Å². The van der Waals surface area contributed by atoms with Gasteiger partial charge in [-0.25, -0.2) is 0 Å². The van der Waals surface area contributed by atoms with E-state index in [0.29, 0.717) is 28.2 Å². The maximum Gasteiger partial charge on any atom is 0.257 e. The van der Waals surface area contributed by atoms with Crippen molar-refractivity contribution in [3.05, 3.63) is 66.0 Å². The largest absolute Gasteiger partial charge is 0.322 e. The van der Waals surface area contributed by atoms with Crippen molar-refractivity contribution < 1.29 is 4.79 Å². The summed E-state index contributed by atoms with van der Waals surface area (Å²) >= 11 is 5.88. The van der Waals surface area contributed by atoms with Gasteiger partial charge in [-0.3, -0.25) is 14.8 Å². The van der Waals surface area contributed by atoms with Crippen LogP contribution in [0.1, 0.15) is 15.9 Å². The molecule has 0 bridgehead atoms. The van der Waals surface area contributed by atoms with Gasteiger partial charge in [0.1, 0.15) is 5.52 Å². The lowest BCUT2D eigenvalue weighted by Crippen LogP contribution is -2.14. The highest BCUT2D eigenvalue weighted by atomic mass is 35.5. The number of nitrogens with one attached hydrogen (secondary N) is 1. The first-order valence-electron chi connectivity index (χ1n) is 6.44. The Morgan fingerprint density at radius 2 is 1.86 bits per heavy atom. The lowest BCUT2D eigenvalue weighted by Gasteiger charge is -2.10. The monoisotopic (exact) mass is 297 g/mol. The van der Waals surface area contributed by atoms with E-state index in [1.54, 1.807) is 24.5 Å². The van der Waals surface area contributed by atoms with E-state index in [4.69, 9.17) is 11.6 Å². The molecule has 0 saturated carbocycles. The van der Waals surface area contributed by atoms with Crippen LogP contribution < -0.4 is 5.32 Å². The fourth-order valence-electron chi connectivity index (χ4n) is 2.12. The lowest BCUT2D eigenvalue weighted by atomic mass is 10.1. The summed E-state index contributed by atoms with van der Waals surface area (Å²) in [5.74, 6) is 0.116. The fourth-order valence-corrected chi connectivity index (χ4v) is 2.36. The van der Waals surface area contributed by atoms with Crippen LogP contribution in [-0.2, 0) is 5.88 Å². The molecule has 0 fully saturated rings. The summed E-state index contributed by atoms with van der Waals surface area (Å²) in [7, 11) is 0. The van der Waals surface area contributed by atoms with Crippen molar-refractivity contribution in [1.29, 1.82) is 0 Å². The Morgan fingerprint density at radius 3 is 2.71 bits per heavy atom. The van der Waals surface area contributed by atoms with Crippen molar-refractivity contribution in [2.75, 3.05) is 5.32 Å². The first-order valence-corrected chi connectivity index (χ1v) is 6.98. The second kappa shape index (κ2) is 5.89. The van der Waals surface area contributed by atoms with Gasteiger partial charge in [-0.05, 0) is 23.8 Å². The molecule has 1 aromatic heterocycles. The number of halogens is 1. The number of alkyl halides is 1. The first kappa shape index (κ1) is 13.5. The Balaban J connectivity index is 1.98. The average molecular weight is 298 g/mol. The van der Waals surface area contributed by atoms with Gasteiger partial charge in [0.15, 0.2) is 0 Å². The van der Waals surface area contributed by atoms with Crippen LogP contribution in [0.3, 0.4) is 0 Å². The van der Waals surface area contributed by atoms with Crippen molar-refractivity contribution in [3.8, 4) is 0 Å². The number of anilines is 1. The van der Waals surface area contributed by atoms with E-state index >= 15 is 0 Å². The van der Waals surface area contributed by atoms with E-state index in [0.717, 1.165) is 5.56 Å². The molecule has 0 spiro atoms. The van der Waals surface area contributed by atoms with Gasteiger partial charge in [-0.15, -0.1) is 11.6 Å². The topological polar surface area (TPSA) is 54.9 Å². The third kappa shape index (κ3) is 2.71. The van der Waals surface area contributed by atoms with Gasteiger partial charge >= 0.3 is 0 Å². The van der Waals surface area contributed by atoms with E-state index < -0.39 is 0 Å². The molecular formula is C16H12ClN3O. The normalized spacial score (nSPS) is 10.5. The summed E-state index contributed by atoms with van der Waals surface area (Å²) in [5, 5.41) is 2.88.